The maximum absolute atomic E-state index is 12.0. The van der Waals surface area contributed by atoms with Gasteiger partial charge < -0.3 is 4.52 Å². The maximum atomic E-state index is 12.0. The van der Waals surface area contributed by atoms with Crippen LogP contribution in [0.4, 0.5) is 0 Å². The third-order valence-corrected chi connectivity index (χ3v) is 4.05. The van der Waals surface area contributed by atoms with Crippen molar-refractivity contribution in [3.8, 4) is 0 Å². The van der Waals surface area contributed by atoms with Crippen LogP contribution in [-0.4, -0.2) is 13.2 Å². The van der Waals surface area contributed by atoms with E-state index in [0.29, 0.717) is 4.48 Å². The molecule has 0 radical (unpaired) electrons. The summed E-state index contributed by atoms with van der Waals surface area (Å²) in [5.41, 5.74) is 1.27. The van der Waals surface area contributed by atoms with Gasteiger partial charge in [-0.1, -0.05) is 19.4 Å². The zero-order chi connectivity index (χ0) is 14.0. The summed E-state index contributed by atoms with van der Waals surface area (Å²) in [6.45, 7) is 8.19. The lowest BCUT2D eigenvalue weighted by molar-refractivity contribution is 0.153. The Morgan fingerprint density at radius 1 is 1.11 bits per heavy atom. The quantitative estimate of drug-likeness (QED) is 0.330. The first-order valence-corrected chi connectivity index (χ1v) is 8.39. The minimum Gasteiger partial charge on any atom is -0.411 e. The fourth-order valence-corrected chi connectivity index (χ4v) is 2.85. The van der Waals surface area contributed by atoms with Crippen molar-refractivity contribution in [2.24, 2.45) is 0 Å². The molecule has 0 aliphatic carbocycles. The summed E-state index contributed by atoms with van der Waals surface area (Å²) in [6, 6.07) is 0. The monoisotopic (exact) mass is 340 g/mol. The van der Waals surface area contributed by atoms with Crippen LogP contribution in [-0.2, 0) is 18.1 Å². The topological polar surface area (TPSA) is 44.8 Å². The van der Waals surface area contributed by atoms with Gasteiger partial charge in [-0.25, -0.2) is 4.57 Å². The van der Waals surface area contributed by atoms with Crippen molar-refractivity contribution in [2.75, 3.05) is 13.2 Å². The van der Waals surface area contributed by atoms with Gasteiger partial charge in [-0.05, 0) is 48.7 Å². The van der Waals surface area contributed by atoms with Crippen LogP contribution in [0.2, 0.25) is 0 Å². The number of phosphoric acid groups is 1. The zero-order valence-electron chi connectivity index (χ0n) is 11.4. The number of hydrogen-bond acceptors (Lipinski definition) is 4. The van der Waals surface area contributed by atoms with Crippen LogP contribution in [0.1, 0.15) is 40.5 Å². The van der Waals surface area contributed by atoms with E-state index in [1.54, 1.807) is 13.8 Å². The minimum atomic E-state index is -3.47. The Morgan fingerprint density at radius 3 is 2.00 bits per heavy atom. The van der Waals surface area contributed by atoms with E-state index in [-0.39, 0.29) is 13.2 Å². The van der Waals surface area contributed by atoms with Gasteiger partial charge in [-0.2, -0.15) is 0 Å². The molecule has 0 unspecified atom stereocenters. The van der Waals surface area contributed by atoms with Crippen molar-refractivity contribution in [3.63, 3.8) is 0 Å². The summed E-state index contributed by atoms with van der Waals surface area (Å²) in [6.07, 6.45) is 5.24. The largest absolute Gasteiger partial charge is 0.529 e. The van der Waals surface area contributed by atoms with Crippen molar-refractivity contribution in [1.82, 2.24) is 0 Å². The molecule has 0 N–H and O–H groups in total. The second-order valence-electron chi connectivity index (χ2n) is 3.40. The van der Waals surface area contributed by atoms with Crippen LogP contribution in [0.5, 0.6) is 0 Å². The van der Waals surface area contributed by atoms with E-state index in [2.05, 4.69) is 29.8 Å². The Labute approximate surface area is 118 Å². The number of hydrogen-bond donors (Lipinski definition) is 0. The van der Waals surface area contributed by atoms with Crippen LogP contribution in [0.3, 0.4) is 0 Å². The molecule has 0 fully saturated rings. The molecular formula is C12H22BrO4P. The minimum absolute atomic E-state index is 0.272. The molecule has 18 heavy (non-hydrogen) atoms. The molecule has 0 bridgehead atoms. The van der Waals surface area contributed by atoms with E-state index in [0.717, 1.165) is 12.8 Å². The highest BCUT2D eigenvalue weighted by Crippen LogP contribution is 2.49. The van der Waals surface area contributed by atoms with Gasteiger partial charge in [-0.15, -0.1) is 0 Å². The van der Waals surface area contributed by atoms with Gasteiger partial charge in [0, 0.05) is 0 Å². The molecule has 0 aliphatic rings. The molecule has 0 saturated heterocycles. The molecule has 106 valence electrons. The highest BCUT2D eigenvalue weighted by molar-refractivity contribution is 9.11. The van der Waals surface area contributed by atoms with E-state index >= 15 is 0 Å². The highest BCUT2D eigenvalue weighted by atomic mass is 79.9. The lowest BCUT2D eigenvalue weighted by atomic mass is 10.1. The molecular weight excluding hydrogens is 319 g/mol. The van der Waals surface area contributed by atoms with Crippen molar-refractivity contribution >= 4 is 23.8 Å². The zero-order valence-corrected chi connectivity index (χ0v) is 13.9. The van der Waals surface area contributed by atoms with E-state index in [4.69, 9.17) is 13.6 Å². The molecule has 0 aromatic carbocycles. The van der Waals surface area contributed by atoms with E-state index in [1.165, 1.54) is 11.8 Å². The molecule has 0 amide bonds. The summed E-state index contributed by atoms with van der Waals surface area (Å²) < 4.78 is 27.8. The average molecular weight is 341 g/mol. The standard InChI is InChI=1S/C12H22BrO4P/c1-5-11(6-2)9-12(13)10-17-18(14,15-7-3)16-8-4/h9-10H,5-8H2,1-4H3/b12-10+. The lowest BCUT2D eigenvalue weighted by Crippen LogP contribution is -1.96. The van der Waals surface area contributed by atoms with Crippen molar-refractivity contribution < 1.29 is 18.1 Å². The first kappa shape index (κ1) is 17.9. The average Bonchev–Trinajstić information content (AvgIpc) is 2.34. The van der Waals surface area contributed by atoms with Crippen molar-refractivity contribution in [2.45, 2.75) is 40.5 Å². The summed E-state index contributed by atoms with van der Waals surface area (Å²) in [4.78, 5) is 0. The highest BCUT2D eigenvalue weighted by Gasteiger charge is 2.25. The third kappa shape index (κ3) is 7.37. The number of halogens is 1. The number of allylic oxidation sites excluding steroid dienone is 3. The van der Waals surface area contributed by atoms with Gasteiger partial charge in [0.25, 0.3) is 0 Å². The smallest absolute Gasteiger partial charge is 0.411 e. The summed E-state index contributed by atoms with van der Waals surface area (Å²) in [7, 11) is -3.47. The predicted octanol–water partition coefficient (Wildman–Crippen LogP) is 5.17. The first-order chi connectivity index (χ1) is 8.51. The fraction of sp³-hybridized carbons (Fsp3) is 0.667. The molecule has 0 aromatic heterocycles. The third-order valence-electron chi connectivity index (χ3n) is 2.12. The molecule has 0 atom stereocenters. The molecule has 0 heterocycles. The predicted molar refractivity (Wildman–Crippen MR) is 77.6 cm³/mol. The molecule has 4 nitrogen and oxygen atoms in total. The van der Waals surface area contributed by atoms with Gasteiger partial charge in [0.2, 0.25) is 0 Å². The Balaban J connectivity index is 4.67. The van der Waals surface area contributed by atoms with Crippen LogP contribution < -0.4 is 0 Å². The van der Waals surface area contributed by atoms with Crippen LogP contribution in [0.15, 0.2) is 22.4 Å². The maximum Gasteiger partial charge on any atom is 0.529 e. The second-order valence-corrected chi connectivity index (χ2v) is 5.94. The SMILES string of the molecule is CCOP(=O)(O/C=C(/Br)C=C(CC)CC)OCC. The van der Waals surface area contributed by atoms with Crippen molar-refractivity contribution in [1.29, 1.82) is 0 Å². The lowest BCUT2D eigenvalue weighted by Gasteiger charge is -2.14. The molecule has 0 spiro atoms. The van der Waals surface area contributed by atoms with Crippen LogP contribution in [0.25, 0.3) is 0 Å². The summed E-state index contributed by atoms with van der Waals surface area (Å²) in [5.74, 6) is 0. The van der Waals surface area contributed by atoms with E-state index < -0.39 is 7.82 Å². The molecule has 0 saturated carbocycles. The van der Waals surface area contributed by atoms with Gasteiger partial charge in [0.1, 0.15) is 6.26 Å². The van der Waals surface area contributed by atoms with Crippen molar-refractivity contribution in [3.05, 3.63) is 22.4 Å². The van der Waals surface area contributed by atoms with Crippen LogP contribution >= 0.6 is 23.8 Å². The van der Waals surface area contributed by atoms with E-state index in [9.17, 15) is 4.57 Å². The second kappa shape index (κ2) is 9.79. The molecule has 6 heteroatoms. The Morgan fingerprint density at radius 2 is 1.61 bits per heavy atom. The van der Waals surface area contributed by atoms with Gasteiger partial charge in [-0.3, -0.25) is 9.05 Å². The molecule has 0 rings (SSSR count). The Kier molecular flexibility index (Phi) is 9.74. The van der Waals surface area contributed by atoms with Gasteiger partial charge in [0.15, 0.2) is 0 Å². The molecule has 0 aromatic rings. The fourth-order valence-electron chi connectivity index (χ4n) is 1.21. The van der Waals surface area contributed by atoms with Crippen LogP contribution in [0, 0.1) is 0 Å². The Hall–Kier alpha value is -0.0900. The van der Waals surface area contributed by atoms with Gasteiger partial charge >= 0.3 is 7.82 Å². The van der Waals surface area contributed by atoms with Gasteiger partial charge in [0.05, 0.1) is 17.7 Å². The first-order valence-electron chi connectivity index (χ1n) is 6.13. The number of rotatable bonds is 9. The van der Waals surface area contributed by atoms with E-state index in [1.807, 2.05) is 6.08 Å². The Bertz CT molecular complexity index is 323. The number of phosphoric ester groups is 1. The normalized spacial score (nSPS) is 12.4. The molecule has 0 aliphatic heterocycles. The summed E-state index contributed by atoms with van der Waals surface area (Å²) >= 11 is 3.34. The summed E-state index contributed by atoms with van der Waals surface area (Å²) in [5, 5.41) is 0.